The maximum absolute atomic E-state index is 13.7. The molecule has 1 aromatic heterocycles. The Morgan fingerprint density at radius 2 is 1.43 bits per heavy atom. The second-order valence-electron chi connectivity index (χ2n) is 10.1. The minimum atomic E-state index is -0.272. The Morgan fingerprint density at radius 3 is 2.08 bits per heavy atom. The summed E-state index contributed by atoms with van der Waals surface area (Å²) in [5.74, 6) is -0.645. The van der Waals surface area contributed by atoms with Crippen LogP contribution in [0.25, 0.3) is 0 Å². The molecule has 1 heterocycles. The van der Waals surface area contributed by atoms with Crippen molar-refractivity contribution in [1.82, 2.24) is 14.4 Å². The number of benzene rings is 3. The monoisotopic (exact) mass is 541 g/mol. The predicted molar refractivity (Wildman–Crippen MR) is 154 cm³/mol. The zero-order valence-electron chi connectivity index (χ0n) is 23.1. The highest BCUT2D eigenvalue weighted by Crippen LogP contribution is 2.15. The van der Waals surface area contributed by atoms with Crippen LogP contribution in [0.5, 0.6) is 0 Å². The first-order valence-corrected chi connectivity index (χ1v) is 13.5. The van der Waals surface area contributed by atoms with Crippen molar-refractivity contribution in [3.63, 3.8) is 0 Å². The van der Waals surface area contributed by atoms with E-state index in [1.807, 2.05) is 92.8 Å². The number of ether oxygens (including phenoxy) is 1. The number of rotatable bonds is 13. The van der Waals surface area contributed by atoms with Crippen LogP contribution in [0.2, 0.25) is 0 Å². The Kier molecular flexibility index (Phi) is 10.2. The fourth-order valence-electron chi connectivity index (χ4n) is 4.48. The standard InChI is InChI=1S/C33H36FN3O3/c1-26(2)37(33(39)25-40-24-29-12-7-4-8-13-29)23-32(38)36(21-27-10-5-3-6-11-27)22-31-14-9-19-35(31)20-28-15-17-30(34)18-16-28/h3-19,26H,20-25H2,1-2H3. The Morgan fingerprint density at radius 1 is 0.775 bits per heavy atom. The van der Waals surface area contributed by atoms with Crippen LogP contribution < -0.4 is 0 Å². The summed E-state index contributed by atoms with van der Waals surface area (Å²) in [5, 5.41) is 0. The molecule has 0 aliphatic carbocycles. The van der Waals surface area contributed by atoms with E-state index in [1.54, 1.807) is 21.9 Å². The first-order chi connectivity index (χ1) is 19.4. The van der Waals surface area contributed by atoms with Crippen molar-refractivity contribution in [2.24, 2.45) is 0 Å². The first kappa shape index (κ1) is 28.8. The average molecular weight is 542 g/mol. The van der Waals surface area contributed by atoms with Gasteiger partial charge in [0.15, 0.2) is 0 Å². The van der Waals surface area contributed by atoms with E-state index in [1.165, 1.54) is 12.1 Å². The Hall–Kier alpha value is -4.23. The lowest BCUT2D eigenvalue weighted by Crippen LogP contribution is -2.46. The summed E-state index contributed by atoms with van der Waals surface area (Å²) in [5.41, 5.74) is 3.90. The van der Waals surface area contributed by atoms with Gasteiger partial charge in [-0.15, -0.1) is 0 Å². The van der Waals surface area contributed by atoms with Crippen molar-refractivity contribution in [2.45, 2.75) is 46.1 Å². The van der Waals surface area contributed by atoms with E-state index < -0.39 is 0 Å². The van der Waals surface area contributed by atoms with Gasteiger partial charge in [-0.3, -0.25) is 9.59 Å². The van der Waals surface area contributed by atoms with Crippen LogP contribution in [0, 0.1) is 5.82 Å². The Balaban J connectivity index is 1.46. The van der Waals surface area contributed by atoms with Crippen molar-refractivity contribution >= 4 is 11.8 Å². The van der Waals surface area contributed by atoms with E-state index >= 15 is 0 Å². The lowest BCUT2D eigenvalue weighted by Gasteiger charge is -2.30. The second-order valence-corrected chi connectivity index (χ2v) is 10.1. The zero-order chi connectivity index (χ0) is 28.3. The smallest absolute Gasteiger partial charge is 0.249 e. The molecule has 0 saturated heterocycles. The Bertz CT molecular complexity index is 1350. The number of amides is 2. The number of carbonyl (C=O) groups excluding carboxylic acids is 2. The zero-order valence-corrected chi connectivity index (χ0v) is 23.1. The molecule has 7 heteroatoms. The summed E-state index contributed by atoms with van der Waals surface area (Å²) < 4.78 is 21.1. The van der Waals surface area contributed by atoms with Crippen LogP contribution in [0.4, 0.5) is 4.39 Å². The number of hydrogen-bond acceptors (Lipinski definition) is 3. The minimum Gasteiger partial charge on any atom is -0.367 e. The molecule has 0 unspecified atom stereocenters. The summed E-state index contributed by atoms with van der Waals surface area (Å²) >= 11 is 0. The van der Waals surface area contributed by atoms with Gasteiger partial charge in [0.05, 0.1) is 13.2 Å². The largest absolute Gasteiger partial charge is 0.367 e. The molecular formula is C33H36FN3O3. The van der Waals surface area contributed by atoms with Gasteiger partial charge < -0.3 is 19.1 Å². The molecule has 0 N–H and O–H groups in total. The summed E-state index contributed by atoms with van der Waals surface area (Å²) in [6.07, 6.45) is 1.96. The number of hydrogen-bond donors (Lipinski definition) is 0. The summed E-state index contributed by atoms with van der Waals surface area (Å²) in [6.45, 7) is 5.33. The molecule has 2 amide bonds. The topological polar surface area (TPSA) is 54.8 Å². The van der Waals surface area contributed by atoms with Gasteiger partial charge in [0.25, 0.3) is 0 Å². The average Bonchev–Trinajstić information content (AvgIpc) is 3.39. The van der Waals surface area contributed by atoms with Crippen LogP contribution in [0.15, 0.2) is 103 Å². The molecule has 3 aromatic carbocycles. The fourth-order valence-corrected chi connectivity index (χ4v) is 4.48. The second kappa shape index (κ2) is 14.2. The van der Waals surface area contributed by atoms with Crippen LogP contribution in [0.1, 0.15) is 36.2 Å². The number of aromatic nitrogens is 1. The molecule has 0 bridgehead atoms. The summed E-state index contributed by atoms with van der Waals surface area (Å²) in [6, 6.07) is 29.7. The number of nitrogens with zero attached hydrogens (tertiary/aromatic N) is 3. The lowest BCUT2D eigenvalue weighted by molar-refractivity contribution is -0.145. The van der Waals surface area contributed by atoms with Gasteiger partial charge >= 0.3 is 0 Å². The quantitative estimate of drug-likeness (QED) is 0.220. The third-order valence-electron chi connectivity index (χ3n) is 6.70. The molecule has 0 fully saturated rings. The van der Waals surface area contributed by atoms with E-state index in [-0.39, 0.29) is 36.8 Å². The van der Waals surface area contributed by atoms with Crippen LogP contribution in [-0.2, 0) is 40.6 Å². The predicted octanol–water partition coefficient (Wildman–Crippen LogP) is 5.66. The van der Waals surface area contributed by atoms with Gasteiger partial charge in [0, 0.05) is 31.0 Å². The molecule has 0 aliphatic rings. The molecule has 6 nitrogen and oxygen atoms in total. The SMILES string of the molecule is CC(C)N(CC(=O)N(Cc1ccccc1)Cc1cccn1Cc1ccc(F)cc1)C(=O)COCc1ccccc1. The minimum absolute atomic E-state index is 0.0449. The van der Waals surface area contributed by atoms with E-state index in [0.29, 0.717) is 26.2 Å². The highest BCUT2D eigenvalue weighted by atomic mass is 19.1. The summed E-state index contributed by atoms with van der Waals surface area (Å²) in [4.78, 5) is 30.2. The number of carbonyl (C=O) groups is 2. The van der Waals surface area contributed by atoms with E-state index in [2.05, 4.69) is 4.57 Å². The van der Waals surface area contributed by atoms with Gasteiger partial charge in [-0.05, 0) is 54.8 Å². The highest BCUT2D eigenvalue weighted by Gasteiger charge is 2.24. The van der Waals surface area contributed by atoms with Crippen molar-refractivity contribution in [3.05, 3.63) is 131 Å². The van der Waals surface area contributed by atoms with Gasteiger partial charge in [0.1, 0.15) is 19.0 Å². The van der Waals surface area contributed by atoms with Crippen molar-refractivity contribution in [3.8, 4) is 0 Å². The van der Waals surface area contributed by atoms with Crippen molar-refractivity contribution in [2.75, 3.05) is 13.2 Å². The van der Waals surface area contributed by atoms with Crippen LogP contribution in [-0.4, -0.2) is 45.4 Å². The highest BCUT2D eigenvalue weighted by molar-refractivity contribution is 5.85. The molecule has 40 heavy (non-hydrogen) atoms. The first-order valence-electron chi connectivity index (χ1n) is 13.5. The van der Waals surface area contributed by atoms with E-state index in [0.717, 1.165) is 22.4 Å². The van der Waals surface area contributed by atoms with Gasteiger partial charge in [-0.2, -0.15) is 0 Å². The maximum Gasteiger partial charge on any atom is 0.249 e. The van der Waals surface area contributed by atoms with Gasteiger partial charge in [-0.25, -0.2) is 4.39 Å². The van der Waals surface area contributed by atoms with Crippen LogP contribution in [0.3, 0.4) is 0 Å². The molecule has 4 aromatic rings. The third kappa shape index (κ3) is 8.38. The molecule has 0 atom stereocenters. The lowest BCUT2D eigenvalue weighted by atomic mass is 10.2. The third-order valence-corrected chi connectivity index (χ3v) is 6.70. The Labute approximate surface area is 235 Å². The van der Waals surface area contributed by atoms with Crippen LogP contribution >= 0.6 is 0 Å². The van der Waals surface area contributed by atoms with Gasteiger partial charge in [0.2, 0.25) is 11.8 Å². The maximum atomic E-state index is 13.7. The van der Waals surface area contributed by atoms with Crippen molar-refractivity contribution in [1.29, 1.82) is 0 Å². The molecule has 0 aliphatic heterocycles. The normalized spacial score (nSPS) is 11.0. The van der Waals surface area contributed by atoms with Crippen molar-refractivity contribution < 1.29 is 18.7 Å². The number of halogens is 1. The van der Waals surface area contributed by atoms with Gasteiger partial charge in [-0.1, -0.05) is 72.8 Å². The van der Waals surface area contributed by atoms with E-state index in [4.69, 9.17) is 4.74 Å². The summed E-state index contributed by atoms with van der Waals surface area (Å²) in [7, 11) is 0. The molecule has 0 saturated carbocycles. The molecule has 4 rings (SSSR count). The molecule has 0 spiro atoms. The van der Waals surface area contributed by atoms with E-state index in [9.17, 15) is 14.0 Å². The molecular weight excluding hydrogens is 505 g/mol. The molecule has 208 valence electrons. The fraction of sp³-hybridized carbons (Fsp3) is 0.273. The molecule has 0 radical (unpaired) electrons.